The van der Waals surface area contributed by atoms with Crippen LogP contribution in [0, 0.1) is 5.92 Å². The fraction of sp³-hybridized carbons (Fsp3) is 0.421. The molecule has 0 aliphatic heterocycles. The van der Waals surface area contributed by atoms with Crippen molar-refractivity contribution in [3.05, 3.63) is 36.2 Å². The number of fused-ring (bicyclic) bond motifs is 1. The number of aromatic nitrogens is 5. The maximum absolute atomic E-state index is 11.7. The number of hydrogen-bond donors (Lipinski definition) is 0. The minimum Gasteiger partial charge on any atom is -0.465 e. The minimum atomic E-state index is -0.390. The molecule has 0 radical (unpaired) electrons. The molecule has 1 aliphatic carbocycles. The second-order valence-corrected chi connectivity index (χ2v) is 6.76. The van der Waals surface area contributed by atoms with Crippen molar-refractivity contribution in [1.29, 1.82) is 0 Å². The Morgan fingerprint density at radius 1 is 1.19 bits per heavy atom. The lowest BCUT2D eigenvalue weighted by Gasteiger charge is -2.21. The molecule has 0 saturated heterocycles. The van der Waals surface area contributed by atoms with Crippen molar-refractivity contribution in [3.63, 3.8) is 0 Å². The van der Waals surface area contributed by atoms with Gasteiger partial charge in [-0.2, -0.15) is 0 Å². The highest BCUT2D eigenvalue weighted by Gasteiger charge is 2.17. The van der Waals surface area contributed by atoms with Crippen LogP contribution in [0.25, 0.3) is 22.4 Å². The number of carbonyl (C=O) groups excluding carboxylic acids is 1. The molecule has 26 heavy (non-hydrogen) atoms. The van der Waals surface area contributed by atoms with E-state index in [0.29, 0.717) is 22.9 Å². The third-order valence-corrected chi connectivity index (χ3v) is 5.00. The average Bonchev–Trinajstić information content (AvgIpc) is 3.10. The molecule has 0 N–H and O–H groups in total. The molecule has 7 nitrogen and oxygen atoms in total. The number of carbonyl (C=O) groups is 1. The Morgan fingerprint density at radius 2 is 2.00 bits per heavy atom. The smallest absolute Gasteiger partial charge is 0.337 e. The summed E-state index contributed by atoms with van der Waals surface area (Å²) in [4.78, 5) is 20.5. The first-order valence-corrected chi connectivity index (χ1v) is 8.98. The SMILES string of the molecule is COC(=O)c1ccnc(-c2cc3c(cn2)nnn3CC2CCCCC2)c1. The first kappa shape index (κ1) is 16.6. The lowest BCUT2D eigenvalue weighted by atomic mass is 9.89. The number of hydrogen-bond acceptors (Lipinski definition) is 6. The number of nitrogens with zero attached hydrogens (tertiary/aromatic N) is 5. The van der Waals surface area contributed by atoms with Crippen LogP contribution in [0.5, 0.6) is 0 Å². The Kier molecular flexibility index (Phi) is 4.60. The van der Waals surface area contributed by atoms with Gasteiger partial charge < -0.3 is 4.74 Å². The van der Waals surface area contributed by atoms with Crippen molar-refractivity contribution < 1.29 is 9.53 Å². The van der Waals surface area contributed by atoms with Gasteiger partial charge in [-0.05, 0) is 37.0 Å². The average molecular weight is 351 g/mol. The van der Waals surface area contributed by atoms with Gasteiger partial charge in [0, 0.05) is 12.7 Å². The molecule has 0 bridgehead atoms. The molecule has 0 spiro atoms. The van der Waals surface area contributed by atoms with Gasteiger partial charge in [0.1, 0.15) is 5.52 Å². The molecule has 134 valence electrons. The summed E-state index contributed by atoms with van der Waals surface area (Å²) in [6, 6.07) is 5.26. The third kappa shape index (κ3) is 3.29. The van der Waals surface area contributed by atoms with Crippen LogP contribution < -0.4 is 0 Å². The van der Waals surface area contributed by atoms with E-state index < -0.39 is 5.97 Å². The summed E-state index contributed by atoms with van der Waals surface area (Å²) in [6.07, 6.45) is 9.74. The van der Waals surface area contributed by atoms with Crippen molar-refractivity contribution in [2.75, 3.05) is 7.11 Å². The monoisotopic (exact) mass is 351 g/mol. The van der Waals surface area contributed by atoms with Crippen LogP contribution in [0.4, 0.5) is 0 Å². The van der Waals surface area contributed by atoms with Gasteiger partial charge in [-0.25, -0.2) is 9.48 Å². The summed E-state index contributed by atoms with van der Waals surface area (Å²) in [6.45, 7) is 0.885. The highest BCUT2D eigenvalue weighted by atomic mass is 16.5. The zero-order valence-electron chi connectivity index (χ0n) is 14.8. The van der Waals surface area contributed by atoms with Crippen LogP contribution in [0.2, 0.25) is 0 Å². The maximum Gasteiger partial charge on any atom is 0.337 e. The standard InChI is InChI=1S/C19H21N5O2/c1-26-19(25)14-7-8-20-15(9-14)16-10-18-17(11-21-16)22-23-24(18)12-13-5-3-2-4-6-13/h7-11,13H,2-6,12H2,1H3. The molecule has 0 aromatic carbocycles. The normalized spacial score (nSPS) is 15.3. The largest absolute Gasteiger partial charge is 0.465 e. The summed E-state index contributed by atoms with van der Waals surface area (Å²) in [5.74, 6) is 0.268. The van der Waals surface area contributed by atoms with E-state index in [1.807, 2.05) is 10.7 Å². The van der Waals surface area contributed by atoms with Gasteiger partial charge in [-0.15, -0.1) is 5.10 Å². The van der Waals surface area contributed by atoms with Gasteiger partial charge >= 0.3 is 5.97 Å². The fourth-order valence-corrected chi connectivity index (χ4v) is 3.58. The van der Waals surface area contributed by atoms with Crippen molar-refractivity contribution in [2.45, 2.75) is 38.6 Å². The molecule has 0 amide bonds. The van der Waals surface area contributed by atoms with Crippen molar-refractivity contribution in [1.82, 2.24) is 25.0 Å². The molecule has 4 rings (SSSR count). The van der Waals surface area contributed by atoms with Gasteiger partial charge in [-0.1, -0.05) is 24.5 Å². The van der Waals surface area contributed by atoms with Crippen LogP contribution in [-0.4, -0.2) is 38.0 Å². The first-order chi connectivity index (χ1) is 12.7. The number of rotatable bonds is 4. The van der Waals surface area contributed by atoms with E-state index in [-0.39, 0.29) is 0 Å². The fourth-order valence-electron chi connectivity index (χ4n) is 3.58. The van der Waals surface area contributed by atoms with E-state index in [9.17, 15) is 4.79 Å². The molecule has 1 saturated carbocycles. The molecule has 3 aromatic rings. The molecule has 3 aromatic heterocycles. The first-order valence-electron chi connectivity index (χ1n) is 8.98. The van der Waals surface area contributed by atoms with Crippen LogP contribution in [0.15, 0.2) is 30.6 Å². The number of pyridine rings is 2. The van der Waals surface area contributed by atoms with E-state index >= 15 is 0 Å². The van der Waals surface area contributed by atoms with Crippen LogP contribution in [-0.2, 0) is 11.3 Å². The highest BCUT2D eigenvalue weighted by molar-refractivity contribution is 5.90. The summed E-state index contributed by atoms with van der Waals surface area (Å²) in [7, 11) is 1.36. The third-order valence-electron chi connectivity index (χ3n) is 5.00. The van der Waals surface area contributed by atoms with Gasteiger partial charge in [0.05, 0.1) is 35.8 Å². The topological polar surface area (TPSA) is 82.8 Å². The molecule has 1 fully saturated rings. The quantitative estimate of drug-likeness (QED) is 0.671. The summed E-state index contributed by atoms with van der Waals surface area (Å²) < 4.78 is 6.75. The Labute approximate surface area is 151 Å². The second-order valence-electron chi connectivity index (χ2n) is 6.76. The predicted molar refractivity (Wildman–Crippen MR) is 96.5 cm³/mol. The van der Waals surface area contributed by atoms with Gasteiger partial charge in [-0.3, -0.25) is 9.97 Å². The molecule has 7 heteroatoms. The molecule has 1 aliphatic rings. The van der Waals surface area contributed by atoms with Crippen molar-refractivity contribution in [2.24, 2.45) is 5.92 Å². The van der Waals surface area contributed by atoms with Gasteiger partial charge in [0.15, 0.2) is 0 Å². The zero-order valence-corrected chi connectivity index (χ0v) is 14.8. The molecular weight excluding hydrogens is 330 g/mol. The number of methoxy groups -OCH3 is 1. The van der Waals surface area contributed by atoms with E-state index in [1.165, 1.54) is 39.2 Å². The van der Waals surface area contributed by atoms with Crippen LogP contribution >= 0.6 is 0 Å². The summed E-state index contributed by atoms with van der Waals surface area (Å²) >= 11 is 0. The number of esters is 1. The van der Waals surface area contributed by atoms with E-state index in [0.717, 1.165) is 17.6 Å². The molecule has 0 atom stereocenters. The van der Waals surface area contributed by atoms with Crippen molar-refractivity contribution in [3.8, 4) is 11.4 Å². The van der Waals surface area contributed by atoms with Gasteiger partial charge in [0.2, 0.25) is 0 Å². The van der Waals surface area contributed by atoms with E-state index in [1.54, 1.807) is 24.5 Å². The lowest BCUT2D eigenvalue weighted by Crippen LogP contribution is -2.15. The van der Waals surface area contributed by atoms with Crippen LogP contribution in [0.3, 0.4) is 0 Å². The predicted octanol–water partition coefficient (Wildman–Crippen LogP) is 3.26. The Balaban J connectivity index is 1.66. The molecule has 3 heterocycles. The van der Waals surface area contributed by atoms with E-state index in [2.05, 4.69) is 20.3 Å². The second kappa shape index (κ2) is 7.19. The Bertz CT molecular complexity index is 931. The van der Waals surface area contributed by atoms with Crippen LogP contribution in [0.1, 0.15) is 42.5 Å². The zero-order chi connectivity index (χ0) is 17.9. The van der Waals surface area contributed by atoms with Gasteiger partial charge in [0.25, 0.3) is 0 Å². The Morgan fingerprint density at radius 3 is 2.81 bits per heavy atom. The van der Waals surface area contributed by atoms with Crippen molar-refractivity contribution >= 4 is 17.0 Å². The summed E-state index contributed by atoms with van der Waals surface area (Å²) in [5, 5.41) is 8.55. The van der Waals surface area contributed by atoms with E-state index in [4.69, 9.17) is 4.74 Å². The maximum atomic E-state index is 11.7. The lowest BCUT2D eigenvalue weighted by molar-refractivity contribution is 0.0600. The highest BCUT2D eigenvalue weighted by Crippen LogP contribution is 2.26. The number of ether oxygens (including phenoxy) is 1. The molecular formula is C19H21N5O2. The minimum absolute atomic E-state index is 0.390. The Hall–Kier alpha value is -2.83. The summed E-state index contributed by atoms with van der Waals surface area (Å²) in [5.41, 5.74) is 3.49. The molecule has 0 unspecified atom stereocenters.